The molecule has 3 unspecified atom stereocenters. The number of nitrogens with one attached hydrogen (secondary N) is 2. The highest BCUT2D eigenvalue weighted by Gasteiger charge is 2.40. The molecule has 13 heavy (non-hydrogen) atoms. The van der Waals surface area contributed by atoms with Gasteiger partial charge in [-0.3, -0.25) is 0 Å². The molecule has 0 aromatic carbocycles. The Labute approximate surface area is 83.5 Å². The van der Waals surface area contributed by atoms with E-state index in [2.05, 4.69) is 29.0 Å². The quantitative estimate of drug-likeness (QED) is 0.609. The molecule has 0 radical (unpaired) electrons. The average molecular weight is 199 g/mol. The first-order valence-corrected chi connectivity index (χ1v) is 5.90. The molecular formula is C9H17N3S. The Morgan fingerprint density at radius 1 is 1.54 bits per heavy atom. The minimum absolute atomic E-state index is 0.587. The van der Waals surface area contributed by atoms with Gasteiger partial charge in [0.2, 0.25) is 0 Å². The molecule has 0 bridgehead atoms. The van der Waals surface area contributed by atoms with E-state index in [9.17, 15) is 0 Å². The summed E-state index contributed by atoms with van der Waals surface area (Å²) < 4.78 is 0. The van der Waals surface area contributed by atoms with E-state index < -0.39 is 0 Å². The molecule has 4 N–H and O–H groups in total. The molecule has 74 valence electrons. The van der Waals surface area contributed by atoms with Crippen molar-refractivity contribution >= 4 is 11.8 Å². The molecule has 2 rings (SSSR count). The number of nitrogens with two attached hydrogens (primary N) is 1. The van der Waals surface area contributed by atoms with Crippen LogP contribution in [0.15, 0.2) is 12.4 Å². The monoisotopic (exact) mass is 199 g/mol. The molecule has 0 saturated carbocycles. The zero-order chi connectivity index (χ0) is 9.26. The fourth-order valence-corrected chi connectivity index (χ4v) is 3.61. The first-order chi connectivity index (χ1) is 6.31. The fraction of sp³-hybridized carbons (Fsp3) is 0.778. The van der Waals surface area contributed by atoms with Crippen LogP contribution in [-0.4, -0.2) is 29.6 Å². The maximum Gasteiger partial charge on any atom is 0.0918 e. The molecule has 0 spiro atoms. The van der Waals surface area contributed by atoms with Gasteiger partial charge < -0.3 is 16.4 Å². The molecule has 0 aromatic heterocycles. The molecule has 3 atom stereocenters. The molecule has 2 saturated heterocycles. The average Bonchev–Trinajstić information content (AvgIpc) is 2.61. The molecule has 4 heteroatoms. The highest BCUT2D eigenvalue weighted by atomic mass is 32.2. The minimum Gasteiger partial charge on any atom is -0.367 e. The van der Waals surface area contributed by atoms with E-state index in [1.165, 1.54) is 12.2 Å². The third-order valence-corrected chi connectivity index (χ3v) is 4.23. The van der Waals surface area contributed by atoms with Crippen molar-refractivity contribution in [3.63, 3.8) is 0 Å². The van der Waals surface area contributed by atoms with Gasteiger partial charge in [0.1, 0.15) is 0 Å². The Morgan fingerprint density at radius 3 is 3.15 bits per heavy atom. The Balaban J connectivity index is 1.89. The highest BCUT2D eigenvalue weighted by Crippen LogP contribution is 2.33. The van der Waals surface area contributed by atoms with Crippen molar-refractivity contribution in [2.75, 3.05) is 12.3 Å². The van der Waals surface area contributed by atoms with E-state index in [1.54, 1.807) is 0 Å². The predicted octanol–water partition coefficient (Wildman–Crippen LogP) is 0.242. The normalized spacial score (nSPS) is 37.0. The van der Waals surface area contributed by atoms with E-state index in [1.807, 2.05) is 0 Å². The number of hydrogen-bond donors (Lipinski definition) is 3. The number of hydrogen-bond acceptors (Lipinski definition) is 4. The summed E-state index contributed by atoms with van der Waals surface area (Å²) >= 11 is 2.05. The van der Waals surface area contributed by atoms with Gasteiger partial charge in [0, 0.05) is 11.0 Å². The van der Waals surface area contributed by atoms with Gasteiger partial charge in [-0.2, -0.15) is 11.8 Å². The maximum absolute atomic E-state index is 5.51. The first kappa shape index (κ1) is 9.21. The van der Waals surface area contributed by atoms with Crippen molar-refractivity contribution in [2.45, 2.75) is 30.2 Å². The second kappa shape index (κ2) is 3.80. The predicted molar refractivity (Wildman–Crippen MR) is 57.5 cm³/mol. The lowest BCUT2D eigenvalue weighted by molar-refractivity contribution is 0.524. The van der Waals surface area contributed by atoms with Gasteiger partial charge in [0.05, 0.1) is 17.9 Å². The second-order valence-corrected chi connectivity index (χ2v) is 4.97. The zero-order valence-corrected chi connectivity index (χ0v) is 8.57. The smallest absolute Gasteiger partial charge is 0.0918 e. The van der Waals surface area contributed by atoms with Crippen LogP contribution in [0.2, 0.25) is 0 Å². The Kier molecular flexibility index (Phi) is 2.69. The van der Waals surface area contributed by atoms with Gasteiger partial charge in [-0.05, 0) is 19.4 Å². The number of thioether (sulfide) groups is 1. The SMILES string of the molecule is C=C1NC2CSC(CCCN)C2N1. The number of fused-ring (bicyclic) bond motifs is 1. The molecule has 0 aliphatic carbocycles. The van der Waals surface area contributed by atoms with E-state index in [-0.39, 0.29) is 0 Å². The molecule has 0 aromatic rings. The summed E-state index contributed by atoms with van der Waals surface area (Å²) in [5.41, 5.74) is 5.51. The van der Waals surface area contributed by atoms with Gasteiger partial charge in [0.15, 0.2) is 0 Å². The van der Waals surface area contributed by atoms with Crippen LogP contribution in [-0.2, 0) is 0 Å². The highest BCUT2D eigenvalue weighted by molar-refractivity contribution is 8.00. The van der Waals surface area contributed by atoms with Crippen LogP contribution in [0.5, 0.6) is 0 Å². The van der Waals surface area contributed by atoms with Crippen LogP contribution in [0, 0.1) is 0 Å². The standard InChI is InChI=1S/C9H17N3S/c1-6-11-7-5-13-8(3-2-4-10)9(7)12-6/h7-9,11-12H,1-5,10H2. The van der Waals surface area contributed by atoms with Crippen LogP contribution in [0.25, 0.3) is 0 Å². The Bertz CT molecular complexity index is 207. The molecule has 2 heterocycles. The third kappa shape index (κ3) is 1.79. The van der Waals surface area contributed by atoms with Gasteiger partial charge >= 0.3 is 0 Å². The minimum atomic E-state index is 0.587. The van der Waals surface area contributed by atoms with Gasteiger partial charge in [0.25, 0.3) is 0 Å². The van der Waals surface area contributed by atoms with Crippen LogP contribution < -0.4 is 16.4 Å². The molecular weight excluding hydrogens is 182 g/mol. The maximum atomic E-state index is 5.51. The summed E-state index contributed by atoms with van der Waals surface area (Å²) in [7, 11) is 0. The van der Waals surface area contributed by atoms with E-state index in [0.717, 1.165) is 24.0 Å². The zero-order valence-electron chi connectivity index (χ0n) is 7.75. The summed E-state index contributed by atoms with van der Waals surface area (Å²) in [6, 6.07) is 1.18. The molecule has 2 aliphatic heterocycles. The summed E-state index contributed by atoms with van der Waals surface area (Å²) in [4.78, 5) is 0. The topological polar surface area (TPSA) is 50.1 Å². The van der Waals surface area contributed by atoms with E-state index in [4.69, 9.17) is 5.73 Å². The van der Waals surface area contributed by atoms with E-state index >= 15 is 0 Å². The van der Waals surface area contributed by atoms with Crippen LogP contribution in [0.1, 0.15) is 12.8 Å². The third-order valence-electron chi connectivity index (χ3n) is 2.72. The van der Waals surface area contributed by atoms with Crippen molar-refractivity contribution in [3.8, 4) is 0 Å². The molecule has 2 aliphatic rings. The van der Waals surface area contributed by atoms with Gasteiger partial charge in [-0.1, -0.05) is 6.58 Å². The molecule has 3 nitrogen and oxygen atoms in total. The van der Waals surface area contributed by atoms with Crippen LogP contribution in [0.4, 0.5) is 0 Å². The van der Waals surface area contributed by atoms with Gasteiger partial charge in [-0.25, -0.2) is 0 Å². The van der Waals surface area contributed by atoms with Crippen LogP contribution in [0.3, 0.4) is 0 Å². The largest absolute Gasteiger partial charge is 0.367 e. The lowest BCUT2D eigenvalue weighted by atomic mass is 10.0. The molecule has 2 fully saturated rings. The summed E-state index contributed by atoms with van der Waals surface area (Å²) in [5.74, 6) is 2.19. The van der Waals surface area contributed by atoms with Crippen LogP contribution >= 0.6 is 11.8 Å². The number of rotatable bonds is 3. The summed E-state index contributed by atoms with van der Waals surface area (Å²) in [6.07, 6.45) is 2.36. The summed E-state index contributed by atoms with van der Waals surface area (Å²) in [5, 5.41) is 7.49. The van der Waals surface area contributed by atoms with Crippen molar-refractivity contribution in [1.82, 2.24) is 10.6 Å². The Hall–Kier alpha value is -0.350. The molecule has 0 amide bonds. The van der Waals surface area contributed by atoms with Crippen molar-refractivity contribution in [3.05, 3.63) is 12.4 Å². The fourth-order valence-electron chi connectivity index (χ4n) is 2.07. The summed E-state index contributed by atoms with van der Waals surface area (Å²) in [6.45, 7) is 4.70. The first-order valence-electron chi connectivity index (χ1n) is 4.85. The lowest BCUT2D eigenvalue weighted by Crippen LogP contribution is -2.36. The van der Waals surface area contributed by atoms with Crippen molar-refractivity contribution in [2.24, 2.45) is 5.73 Å². The van der Waals surface area contributed by atoms with E-state index in [0.29, 0.717) is 12.1 Å². The van der Waals surface area contributed by atoms with Crippen molar-refractivity contribution < 1.29 is 0 Å². The Morgan fingerprint density at radius 2 is 2.38 bits per heavy atom. The lowest BCUT2D eigenvalue weighted by Gasteiger charge is -2.16. The van der Waals surface area contributed by atoms with Crippen molar-refractivity contribution in [1.29, 1.82) is 0 Å². The van der Waals surface area contributed by atoms with Gasteiger partial charge in [-0.15, -0.1) is 0 Å². The second-order valence-electron chi connectivity index (χ2n) is 3.70.